The lowest BCUT2D eigenvalue weighted by Crippen LogP contribution is -2.50. The summed E-state index contributed by atoms with van der Waals surface area (Å²) < 4.78 is 11.4. The highest BCUT2D eigenvalue weighted by atomic mass is 16.5. The van der Waals surface area contributed by atoms with Gasteiger partial charge in [0, 0.05) is 31.3 Å². The van der Waals surface area contributed by atoms with Gasteiger partial charge in [0.1, 0.15) is 17.5 Å². The number of carbonyl (C=O) groups excluding carboxylic acids is 3. The van der Waals surface area contributed by atoms with Crippen molar-refractivity contribution in [3.05, 3.63) is 59.7 Å². The first-order valence-electron chi connectivity index (χ1n) is 13.5. The van der Waals surface area contributed by atoms with Crippen molar-refractivity contribution in [3.63, 3.8) is 0 Å². The summed E-state index contributed by atoms with van der Waals surface area (Å²) >= 11 is 0. The highest BCUT2D eigenvalue weighted by Crippen LogP contribution is 2.16. The van der Waals surface area contributed by atoms with Crippen molar-refractivity contribution >= 4 is 17.7 Å². The minimum absolute atomic E-state index is 0.0383. The summed E-state index contributed by atoms with van der Waals surface area (Å²) in [6.07, 6.45) is 2.20. The number of hydrogen-bond donors (Lipinski definition) is 5. The number of ether oxygens (including phenoxy) is 2. The SMILES string of the molecule is COC(C)(C)CCOC(C)(C)CNC(=O)C(CCCCNC(=O)c1ccc(O)cc1)NC(=O)c1ccc(O)cc1. The third-order valence-electron chi connectivity index (χ3n) is 6.52. The number of amides is 3. The summed E-state index contributed by atoms with van der Waals surface area (Å²) in [5.74, 6) is -0.908. The number of phenols is 2. The average Bonchev–Trinajstić information content (AvgIpc) is 2.91. The van der Waals surface area contributed by atoms with Gasteiger partial charge in [0.05, 0.1) is 17.8 Å². The molecule has 0 saturated carbocycles. The molecule has 0 aliphatic carbocycles. The molecule has 1 unspecified atom stereocenters. The van der Waals surface area contributed by atoms with Gasteiger partial charge in [-0.15, -0.1) is 0 Å². The standard InChI is InChI=1S/C30H43N3O7/c1-29(2,39-5)17-19-40-30(3,4)20-32-28(38)25(33-27(37)22-11-15-24(35)16-12-22)8-6-7-18-31-26(36)21-9-13-23(34)14-10-21/h9-16,25,34-35H,6-8,17-20H2,1-5H3,(H,31,36)(H,32,38)(H,33,37). The molecule has 10 nitrogen and oxygen atoms in total. The molecule has 0 aliphatic rings. The lowest BCUT2D eigenvalue weighted by Gasteiger charge is -2.29. The Morgan fingerprint density at radius 1 is 0.800 bits per heavy atom. The van der Waals surface area contributed by atoms with Crippen molar-refractivity contribution in [2.45, 2.75) is 70.6 Å². The number of rotatable bonds is 16. The monoisotopic (exact) mass is 557 g/mol. The molecule has 2 rings (SSSR count). The predicted molar refractivity (Wildman–Crippen MR) is 152 cm³/mol. The Morgan fingerprint density at radius 3 is 1.90 bits per heavy atom. The molecular weight excluding hydrogens is 514 g/mol. The van der Waals surface area contributed by atoms with Crippen LogP contribution in [0.15, 0.2) is 48.5 Å². The van der Waals surface area contributed by atoms with Gasteiger partial charge in [-0.05, 0) is 102 Å². The summed E-state index contributed by atoms with van der Waals surface area (Å²) in [6.45, 7) is 8.81. The minimum atomic E-state index is -0.808. The molecule has 40 heavy (non-hydrogen) atoms. The number of phenolic OH excluding ortho intramolecular Hbond substituents is 2. The smallest absolute Gasteiger partial charge is 0.251 e. The van der Waals surface area contributed by atoms with Crippen LogP contribution in [0.3, 0.4) is 0 Å². The fourth-order valence-electron chi connectivity index (χ4n) is 3.66. The van der Waals surface area contributed by atoms with Crippen LogP contribution >= 0.6 is 0 Å². The Hall–Kier alpha value is -3.63. The number of nitrogens with one attached hydrogen (secondary N) is 3. The largest absolute Gasteiger partial charge is 0.508 e. The first-order valence-corrected chi connectivity index (χ1v) is 13.5. The van der Waals surface area contributed by atoms with Crippen LogP contribution in [0.25, 0.3) is 0 Å². The Bertz CT molecular complexity index is 1100. The molecule has 0 aromatic heterocycles. The number of benzene rings is 2. The van der Waals surface area contributed by atoms with Crippen LogP contribution in [0.1, 0.15) is 74.1 Å². The predicted octanol–water partition coefficient (Wildman–Crippen LogP) is 3.52. The van der Waals surface area contributed by atoms with Crippen molar-refractivity contribution < 1.29 is 34.1 Å². The quantitative estimate of drug-likeness (QED) is 0.199. The van der Waals surface area contributed by atoms with E-state index in [0.717, 1.165) is 0 Å². The van der Waals surface area contributed by atoms with E-state index in [-0.39, 0.29) is 35.5 Å². The second-order valence-electron chi connectivity index (χ2n) is 10.9. The van der Waals surface area contributed by atoms with Crippen molar-refractivity contribution in [1.29, 1.82) is 0 Å². The molecule has 0 spiro atoms. The number of unbranched alkanes of at least 4 members (excludes halogenated alkanes) is 1. The first kappa shape index (κ1) is 32.6. The molecule has 0 fully saturated rings. The molecule has 0 aliphatic heterocycles. The van der Waals surface area contributed by atoms with E-state index in [2.05, 4.69) is 16.0 Å². The van der Waals surface area contributed by atoms with Crippen molar-refractivity contribution in [3.8, 4) is 11.5 Å². The van der Waals surface area contributed by atoms with Crippen molar-refractivity contribution in [1.82, 2.24) is 16.0 Å². The van der Waals surface area contributed by atoms with E-state index < -0.39 is 17.6 Å². The normalized spacial score (nSPS) is 12.4. The maximum atomic E-state index is 13.1. The van der Waals surface area contributed by atoms with Gasteiger partial charge in [-0.25, -0.2) is 0 Å². The maximum absolute atomic E-state index is 13.1. The Morgan fingerprint density at radius 2 is 1.35 bits per heavy atom. The topological polar surface area (TPSA) is 146 Å². The molecule has 3 amide bonds. The molecule has 0 heterocycles. The van der Waals surface area contributed by atoms with Gasteiger partial charge in [0.25, 0.3) is 11.8 Å². The Balaban J connectivity index is 1.92. The van der Waals surface area contributed by atoms with Crippen LogP contribution in [0.5, 0.6) is 11.5 Å². The zero-order valence-electron chi connectivity index (χ0n) is 24.1. The van der Waals surface area contributed by atoms with E-state index in [0.29, 0.717) is 50.0 Å². The first-order chi connectivity index (χ1) is 18.8. The molecule has 2 aromatic carbocycles. The number of aromatic hydroxyl groups is 2. The Kier molecular flexibility index (Phi) is 12.4. The summed E-state index contributed by atoms with van der Waals surface area (Å²) in [4.78, 5) is 38.2. The van der Waals surface area contributed by atoms with Gasteiger partial charge in [0.2, 0.25) is 5.91 Å². The molecule has 2 aromatic rings. The number of carbonyl (C=O) groups is 3. The van der Waals surface area contributed by atoms with E-state index in [9.17, 15) is 24.6 Å². The zero-order chi connectivity index (χ0) is 29.8. The van der Waals surface area contributed by atoms with Gasteiger partial charge in [0.15, 0.2) is 0 Å². The van der Waals surface area contributed by atoms with E-state index in [1.54, 1.807) is 7.11 Å². The molecular formula is C30H43N3O7. The van der Waals surface area contributed by atoms with Crippen LogP contribution in [-0.2, 0) is 14.3 Å². The van der Waals surface area contributed by atoms with Crippen molar-refractivity contribution in [2.24, 2.45) is 0 Å². The van der Waals surface area contributed by atoms with E-state index in [1.807, 2.05) is 27.7 Å². The summed E-state index contributed by atoms with van der Waals surface area (Å²) in [7, 11) is 1.65. The van der Waals surface area contributed by atoms with Gasteiger partial charge in [-0.2, -0.15) is 0 Å². The van der Waals surface area contributed by atoms with Crippen LogP contribution in [0.4, 0.5) is 0 Å². The molecule has 0 bridgehead atoms. The van der Waals surface area contributed by atoms with Crippen LogP contribution in [0, 0.1) is 0 Å². The molecule has 0 radical (unpaired) electrons. The summed E-state index contributed by atoms with van der Waals surface area (Å²) in [5, 5.41) is 27.4. The second-order valence-corrected chi connectivity index (χ2v) is 10.9. The fourth-order valence-corrected chi connectivity index (χ4v) is 3.66. The number of methoxy groups -OCH3 is 1. The van der Waals surface area contributed by atoms with Crippen LogP contribution in [-0.4, -0.2) is 72.0 Å². The van der Waals surface area contributed by atoms with Gasteiger partial charge >= 0.3 is 0 Å². The lowest BCUT2D eigenvalue weighted by atomic mass is 10.0. The van der Waals surface area contributed by atoms with E-state index in [1.165, 1.54) is 48.5 Å². The van der Waals surface area contributed by atoms with Gasteiger partial charge in [-0.1, -0.05) is 0 Å². The molecule has 10 heteroatoms. The molecule has 5 N–H and O–H groups in total. The third-order valence-corrected chi connectivity index (χ3v) is 6.52. The van der Waals surface area contributed by atoms with Crippen LogP contribution < -0.4 is 16.0 Å². The van der Waals surface area contributed by atoms with Gasteiger partial charge in [-0.3, -0.25) is 14.4 Å². The Labute approximate surface area is 236 Å². The molecule has 1 atom stereocenters. The zero-order valence-corrected chi connectivity index (χ0v) is 24.1. The minimum Gasteiger partial charge on any atom is -0.508 e. The average molecular weight is 558 g/mol. The molecule has 0 saturated heterocycles. The van der Waals surface area contributed by atoms with Crippen molar-refractivity contribution in [2.75, 3.05) is 26.8 Å². The maximum Gasteiger partial charge on any atom is 0.251 e. The summed E-state index contributed by atoms with van der Waals surface area (Å²) in [5.41, 5.74) is -0.191. The highest BCUT2D eigenvalue weighted by Gasteiger charge is 2.26. The lowest BCUT2D eigenvalue weighted by molar-refractivity contribution is -0.125. The van der Waals surface area contributed by atoms with E-state index in [4.69, 9.17) is 9.47 Å². The number of hydrogen-bond acceptors (Lipinski definition) is 7. The fraction of sp³-hybridized carbons (Fsp3) is 0.500. The third kappa shape index (κ3) is 11.6. The molecule has 220 valence electrons. The van der Waals surface area contributed by atoms with Crippen LogP contribution in [0.2, 0.25) is 0 Å². The highest BCUT2D eigenvalue weighted by molar-refractivity contribution is 5.97. The summed E-state index contributed by atoms with van der Waals surface area (Å²) in [6, 6.07) is 10.9. The van der Waals surface area contributed by atoms with E-state index >= 15 is 0 Å². The van der Waals surface area contributed by atoms with Gasteiger partial charge < -0.3 is 35.6 Å². The second kappa shape index (κ2) is 15.2.